The molecule has 0 spiro atoms. The highest BCUT2D eigenvalue weighted by atomic mass is 16.2. The maximum Gasteiger partial charge on any atom is 0.321 e. The van der Waals surface area contributed by atoms with Crippen molar-refractivity contribution < 1.29 is 14.4 Å². The van der Waals surface area contributed by atoms with Gasteiger partial charge in [-0.25, -0.2) is 4.79 Å². The van der Waals surface area contributed by atoms with Crippen LogP contribution in [0.1, 0.15) is 15.9 Å². The lowest BCUT2D eigenvalue weighted by molar-refractivity contribution is -0.116. The fraction of sp³-hybridized carbons (Fsp3) is 0.233. The van der Waals surface area contributed by atoms with Gasteiger partial charge in [-0.15, -0.1) is 6.58 Å². The van der Waals surface area contributed by atoms with Crippen LogP contribution in [-0.2, 0) is 4.79 Å². The van der Waals surface area contributed by atoms with E-state index in [4.69, 9.17) is 0 Å². The van der Waals surface area contributed by atoms with Crippen LogP contribution in [0.2, 0.25) is 0 Å². The Bertz CT molecular complexity index is 1270. The van der Waals surface area contributed by atoms with Crippen molar-refractivity contribution in [3.05, 3.63) is 103 Å². The van der Waals surface area contributed by atoms with Crippen molar-refractivity contribution in [1.29, 1.82) is 0 Å². The smallest absolute Gasteiger partial charge is 0.321 e. The Balaban J connectivity index is 1.27. The molecule has 196 valence electrons. The molecule has 0 bridgehead atoms. The normalized spacial score (nSPS) is 13.0. The molecule has 8 nitrogen and oxygen atoms in total. The molecule has 2 N–H and O–H groups in total. The van der Waals surface area contributed by atoms with Gasteiger partial charge in [-0.2, -0.15) is 0 Å². The molecule has 0 saturated carbocycles. The first-order valence-corrected chi connectivity index (χ1v) is 12.7. The number of anilines is 3. The number of carbonyl (C=O) groups excluding carboxylic acids is 3. The van der Waals surface area contributed by atoms with Gasteiger partial charge >= 0.3 is 6.03 Å². The maximum absolute atomic E-state index is 12.8. The number of hydrogen-bond acceptors (Lipinski definition) is 4. The van der Waals surface area contributed by atoms with Gasteiger partial charge in [-0.05, 0) is 61.0 Å². The van der Waals surface area contributed by atoms with Gasteiger partial charge in [0, 0.05) is 55.3 Å². The third-order valence-corrected chi connectivity index (χ3v) is 6.34. The Morgan fingerprint density at radius 1 is 0.868 bits per heavy atom. The molecule has 1 aliphatic rings. The number of urea groups is 1. The van der Waals surface area contributed by atoms with Crippen LogP contribution in [0.5, 0.6) is 0 Å². The third-order valence-electron chi connectivity index (χ3n) is 6.34. The molecule has 8 heteroatoms. The first-order valence-electron chi connectivity index (χ1n) is 12.7. The Hall–Kier alpha value is -4.59. The second-order valence-corrected chi connectivity index (χ2v) is 9.21. The molecule has 38 heavy (non-hydrogen) atoms. The Labute approximate surface area is 223 Å². The predicted molar refractivity (Wildman–Crippen MR) is 152 cm³/mol. The van der Waals surface area contributed by atoms with Gasteiger partial charge in [-0.1, -0.05) is 36.4 Å². The minimum Gasteiger partial charge on any atom is -0.368 e. The van der Waals surface area contributed by atoms with Crippen molar-refractivity contribution in [2.24, 2.45) is 0 Å². The molecular weight excluding hydrogens is 478 g/mol. The predicted octanol–water partition coefficient (Wildman–Crippen LogP) is 4.62. The first kappa shape index (κ1) is 26.5. The van der Waals surface area contributed by atoms with E-state index < -0.39 is 0 Å². The number of rotatable bonds is 8. The lowest BCUT2D eigenvalue weighted by Gasteiger charge is -2.36. The van der Waals surface area contributed by atoms with E-state index in [1.54, 1.807) is 30.3 Å². The summed E-state index contributed by atoms with van der Waals surface area (Å²) in [6.07, 6.45) is 1.61. The SMILES string of the molecule is C=CCN(CC(=O)Nc1ccc(N2CCN(C(=O)Nc3cccc(C)c3)CC2)cc1)C(=O)c1ccccc1. The Kier molecular flexibility index (Phi) is 8.77. The van der Waals surface area contributed by atoms with Crippen molar-refractivity contribution in [2.75, 3.05) is 54.8 Å². The molecule has 0 aliphatic carbocycles. The first-order chi connectivity index (χ1) is 18.4. The number of amides is 4. The number of aryl methyl sites for hydroxylation is 1. The Morgan fingerprint density at radius 3 is 2.24 bits per heavy atom. The summed E-state index contributed by atoms with van der Waals surface area (Å²) in [5.74, 6) is -0.500. The van der Waals surface area contributed by atoms with E-state index in [0.29, 0.717) is 37.4 Å². The summed E-state index contributed by atoms with van der Waals surface area (Å²) in [6, 6.07) is 24.2. The van der Waals surface area contributed by atoms with Crippen LogP contribution >= 0.6 is 0 Å². The van der Waals surface area contributed by atoms with E-state index in [1.165, 1.54) is 4.90 Å². The van der Waals surface area contributed by atoms with E-state index in [-0.39, 0.29) is 30.9 Å². The molecule has 0 aromatic heterocycles. The van der Waals surface area contributed by atoms with Crippen LogP contribution in [0.4, 0.5) is 21.9 Å². The molecule has 0 atom stereocenters. The third kappa shape index (κ3) is 7.00. The lowest BCUT2D eigenvalue weighted by Crippen LogP contribution is -2.50. The number of piperazine rings is 1. The van der Waals surface area contributed by atoms with Crippen LogP contribution in [0.3, 0.4) is 0 Å². The zero-order chi connectivity index (χ0) is 26.9. The fourth-order valence-electron chi connectivity index (χ4n) is 4.36. The largest absolute Gasteiger partial charge is 0.368 e. The lowest BCUT2D eigenvalue weighted by atomic mass is 10.2. The molecular formula is C30H33N5O3. The number of carbonyl (C=O) groups is 3. The molecule has 4 amide bonds. The quantitative estimate of drug-likeness (QED) is 0.433. The molecule has 0 radical (unpaired) electrons. The van der Waals surface area contributed by atoms with E-state index in [1.807, 2.05) is 66.4 Å². The second kappa shape index (κ2) is 12.6. The zero-order valence-electron chi connectivity index (χ0n) is 21.6. The van der Waals surface area contributed by atoms with E-state index in [2.05, 4.69) is 22.1 Å². The van der Waals surface area contributed by atoms with Crippen LogP contribution in [0, 0.1) is 6.92 Å². The monoisotopic (exact) mass is 511 g/mol. The van der Waals surface area contributed by atoms with Gasteiger partial charge in [0.05, 0.1) is 0 Å². The molecule has 3 aromatic carbocycles. The van der Waals surface area contributed by atoms with Crippen LogP contribution < -0.4 is 15.5 Å². The number of hydrogen-bond donors (Lipinski definition) is 2. The summed E-state index contributed by atoms with van der Waals surface area (Å²) in [5.41, 5.74) is 4.10. The van der Waals surface area contributed by atoms with E-state index in [9.17, 15) is 14.4 Å². The highest BCUT2D eigenvalue weighted by molar-refractivity contribution is 5.99. The van der Waals surface area contributed by atoms with Crippen LogP contribution in [0.15, 0.2) is 91.5 Å². The highest BCUT2D eigenvalue weighted by Gasteiger charge is 2.22. The molecule has 1 fully saturated rings. The van der Waals surface area contributed by atoms with Gasteiger partial charge in [0.1, 0.15) is 6.54 Å². The van der Waals surface area contributed by atoms with Crippen molar-refractivity contribution in [2.45, 2.75) is 6.92 Å². The summed E-state index contributed by atoms with van der Waals surface area (Å²) < 4.78 is 0. The number of nitrogens with one attached hydrogen (secondary N) is 2. The van der Waals surface area contributed by atoms with Crippen LogP contribution in [0.25, 0.3) is 0 Å². The standard InChI is InChI=1S/C30H33N5O3/c1-3-16-35(29(37)24-9-5-4-6-10-24)22-28(36)31-25-12-14-27(15-13-25)33-17-19-34(20-18-33)30(38)32-26-11-7-8-23(2)21-26/h3-15,21H,1,16-20,22H2,2H3,(H,31,36)(H,32,38). The topological polar surface area (TPSA) is 85.0 Å². The minimum absolute atomic E-state index is 0.0753. The van der Waals surface area contributed by atoms with Crippen molar-refractivity contribution in [3.8, 4) is 0 Å². The molecule has 3 aromatic rings. The summed E-state index contributed by atoms with van der Waals surface area (Å²) in [4.78, 5) is 43.6. The van der Waals surface area contributed by atoms with Gasteiger partial charge in [0.2, 0.25) is 5.91 Å². The second-order valence-electron chi connectivity index (χ2n) is 9.21. The fourth-order valence-corrected chi connectivity index (χ4v) is 4.36. The maximum atomic E-state index is 12.8. The van der Waals surface area contributed by atoms with Crippen molar-refractivity contribution >= 4 is 34.9 Å². The van der Waals surface area contributed by atoms with Crippen molar-refractivity contribution in [3.63, 3.8) is 0 Å². The van der Waals surface area contributed by atoms with Gasteiger partial charge in [0.25, 0.3) is 5.91 Å². The van der Waals surface area contributed by atoms with E-state index >= 15 is 0 Å². The van der Waals surface area contributed by atoms with Gasteiger partial charge in [-0.3, -0.25) is 9.59 Å². The summed E-state index contributed by atoms with van der Waals surface area (Å²) >= 11 is 0. The summed E-state index contributed by atoms with van der Waals surface area (Å²) in [5, 5.41) is 5.84. The molecule has 1 saturated heterocycles. The molecule has 0 unspecified atom stereocenters. The molecule has 1 heterocycles. The summed E-state index contributed by atoms with van der Waals surface area (Å²) in [7, 11) is 0. The number of nitrogens with zero attached hydrogens (tertiary/aromatic N) is 3. The van der Waals surface area contributed by atoms with Gasteiger partial charge < -0.3 is 25.3 Å². The van der Waals surface area contributed by atoms with Crippen LogP contribution in [-0.4, -0.2) is 66.9 Å². The average molecular weight is 512 g/mol. The zero-order valence-corrected chi connectivity index (χ0v) is 21.6. The minimum atomic E-state index is -0.280. The average Bonchev–Trinajstić information content (AvgIpc) is 2.93. The van der Waals surface area contributed by atoms with E-state index in [0.717, 1.165) is 16.9 Å². The van der Waals surface area contributed by atoms with Crippen molar-refractivity contribution in [1.82, 2.24) is 9.80 Å². The molecule has 4 rings (SSSR count). The number of benzene rings is 3. The summed E-state index contributed by atoms with van der Waals surface area (Å²) in [6.45, 7) is 8.55. The van der Waals surface area contributed by atoms with Gasteiger partial charge in [0.15, 0.2) is 0 Å². The Morgan fingerprint density at radius 2 is 1.58 bits per heavy atom. The highest BCUT2D eigenvalue weighted by Crippen LogP contribution is 2.20. The molecule has 1 aliphatic heterocycles.